The van der Waals surface area contributed by atoms with E-state index in [2.05, 4.69) is 36.2 Å². The van der Waals surface area contributed by atoms with Gasteiger partial charge in [0.15, 0.2) is 17.3 Å². The number of hydrogen-bond acceptors (Lipinski definition) is 6. The predicted molar refractivity (Wildman–Crippen MR) is 132 cm³/mol. The van der Waals surface area contributed by atoms with Crippen molar-refractivity contribution in [3.63, 3.8) is 0 Å². The largest absolute Gasteiger partial charge is 0.493 e. The van der Waals surface area contributed by atoms with Gasteiger partial charge < -0.3 is 19.2 Å². The van der Waals surface area contributed by atoms with Crippen LogP contribution in [0.3, 0.4) is 0 Å². The number of anilines is 1. The molecule has 3 aromatic rings. The van der Waals surface area contributed by atoms with Gasteiger partial charge in [-0.3, -0.25) is 9.69 Å². The zero-order chi connectivity index (χ0) is 23.4. The van der Waals surface area contributed by atoms with Crippen molar-refractivity contribution in [1.29, 1.82) is 0 Å². The van der Waals surface area contributed by atoms with Gasteiger partial charge in [0, 0.05) is 16.0 Å². The molecule has 1 atom stereocenters. The molecule has 0 bridgehead atoms. The summed E-state index contributed by atoms with van der Waals surface area (Å²) in [6, 6.07) is 11.6. The quantitative estimate of drug-likeness (QED) is 0.440. The summed E-state index contributed by atoms with van der Waals surface area (Å²) < 4.78 is 16.8. The summed E-state index contributed by atoms with van der Waals surface area (Å²) in [7, 11) is 3.34. The van der Waals surface area contributed by atoms with Gasteiger partial charge in [0.1, 0.15) is 5.00 Å². The van der Waals surface area contributed by atoms with Crippen molar-refractivity contribution >= 4 is 22.2 Å². The van der Waals surface area contributed by atoms with Gasteiger partial charge in [0.05, 0.1) is 26.5 Å². The van der Waals surface area contributed by atoms with E-state index in [1.807, 2.05) is 12.1 Å². The monoisotopic (exact) mass is 468 g/mol. The second-order valence-electron chi connectivity index (χ2n) is 8.49. The molecule has 0 unspecified atom stereocenters. The third kappa shape index (κ3) is 4.94. The van der Waals surface area contributed by atoms with Gasteiger partial charge >= 0.3 is 0 Å². The highest BCUT2D eigenvalue weighted by Gasteiger charge is 2.32. The highest BCUT2D eigenvalue weighted by atomic mass is 32.1. The Labute approximate surface area is 199 Å². The average Bonchev–Trinajstić information content (AvgIpc) is 3.51. The van der Waals surface area contributed by atoms with Crippen LogP contribution in [-0.4, -0.2) is 38.1 Å². The number of likely N-dealkylation sites (tertiary alicyclic amines) is 1. The minimum atomic E-state index is -0.241. The highest BCUT2D eigenvalue weighted by Crippen LogP contribution is 2.45. The summed E-state index contributed by atoms with van der Waals surface area (Å²) in [5.74, 6) is 2.21. The van der Waals surface area contributed by atoms with Crippen molar-refractivity contribution < 1.29 is 18.7 Å². The first-order valence-electron chi connectivity index (χ1n) is 11.5. The van der Waals surface area contributed by atoms with Crippen molar-refractivity contribution in [3.05, 3.63) is 64.4 Å². The van der Waals surface area contributed by atoms with Crippen molar-refractivity contribution in [3.8, 4) is 11.5 Å². The van der Waals surface area contributed by atoms with Crippen LogP contribution >= 0.6 is 11.3 Å². The number of thiophene rings is 1. The molecule has 0 spiro atoms. The number of carbonyl (C=O) groups is 1. The van der Waals surface area contributed by atoms with Gasteiger partial charge in [0.2, 0.25) is 0 Å². The molecule has 6 nitrogen and oxygen atoms in total. The third-order valence-corrected chi connectivity index (χ3v) is 7.55. The van der Waals surface area contributed by atoms with Crippen LogP contribution in [0.1, 0.15) is 59.3 Å². The third-order valence-electron chi connectivity index (χ3n) is 6.34. The van der Waals surface area contributed by atoms with E-state index < -0.39 is 0 Å². The second-order valence-corrected chi connectivity index (χ2v) is 9.62. The van der Waals surface area contributed by atoms with Gasteiger partial charge in [-0.15, -0.1) is 11.3 Å². The summed E-state index contributed by atoms with van der Waals surface area (Å²) in [6.07, 6.45) is 4.69. The Morgan fingerprint density at radius 3 is 2.61 bits per heavy atom. The Kier molecular flexibility index (Phi) is 7.40. The number of para-hydroxylation sites is 1. The smallest absolute Gasteiger partial charge is 0.291 e. The van der Waals surface area contributed by atoms with Crippen LogP contribution in [0.5, 0.6) is 11.5 Å². The Bertz CT molecular complexity index is 1070. The lowest BCUT2D eigenvalue weighted by molar-refractivity contribution is 0.0996. The Morgan fingerprint density at radius 2 is 1.97 bits per heavy atom. The maximum atomic E-state index is 12.9. The molecule has 2 aromatic heterocycles. The second kappa shape index (κ2) is 10.4. The number of hydrogen-bond donors (Lipinski definition) is 1. The summed E-state index contributed by atoms with van der Waals surface area (Å²) in [5, 5.41) is 3.97. The van der Waals surface area contributed by atoms with Crippen LogP contribution in [0.4, 0.5) is 5.00 Å². The lowest BCUT2D eigenvalue weighted by Crippen LogP contribution is -2.37. The van der Waals surface area contributed by atoms with Crippen LogP contribution in [0.25, 0.3) is 0 Å². The Balaban J connectivity index is 1.81. The maximum absolute atomic E-state index is 12.9. The van der Waals surface area contributed by atoms with Crippen LogP contribution in [0, 0.1) is 5.92 Å². The SMILES string of the molecule is CCc1cc([C@H](c2cccc(OC)c2OC)N2CCC(C)CC2)c(NC(=O)c2ccco2)s1. The number of aryl methyl sites for hydroxylation is 1. The molecule has 3 heterocycles. The number of nitrogens with one attached hydrogen (secondary N) is 1. The average molecular weight is 469 g/mol. The number of furan rings is 1. The lowest BCUT2D eigenvalue weighted by Gasteiger charge is -2.38. The number of rotatable bonds is 8. The number of piperidine rings is 1. The topological polar surface area (TPSA) is 63.9 Å². The van der Waals surface area contributed by atoms with E-state index >= 15 is 0 Å². The van der Waals surface area contributed by atoms with Gasteiger partial charge in [-0.1, -0.05) is 26.0 Å². The van der Waals surface area contributed by atoms with E-state index in [1.165, 1.54) is 11.1 Å². The number of amides is 1. The highest BCUT2D eigenvalue weighted by molar-refractivity contribution is 7.16. The molecule has 1 amide bonds. The van der Waals surface area contributed by atoms with E-state index in [1.54, 1.807) is 37.7 Å². The predicted octanol–water partition coefficient (Wildman–Crippen LogP) is 5.99. The fraction of sp³-hybridized carbons (Fsp3) is 0.423. The maximum Gasteiger partial charge on any atom is 0.291 e. The van der Waals surface area contributed by atoms with Crippen LogP contribution in [0.2, 0.25) is 0 Å². The van der Waals surface area contributed by atoms with Gasteiger partial charge in [-0.25, -0.2) is 0 Å². The Morgan fingerprint density at radius 1 is 1.18 bits per heavy atom. The van der Waals surface area contributed by atoms with E-state index in [0.29, 0.717) is 17.4 Å². The molecule has 176 valence electrons. The molecule has 0 radical (unpaired) electrons. The molecular formula is C26H32N2O4S. The first-order chi connectivity index (χ1) is 16.0. The van der Waals surface area contributed by atoms with Crippen molar-refractivity contribution in [2.24, 2.45) is 5.92 Å². The first-order valence-corrected chi connectivity index (χ1v) is 12.3. The van der Waals surface area contributed by atoms with E-state index in [-0.39, 0.29) is 11.9 Å². The molecule has 1 fully saturated rings. The van der Waals surface area contributed by atoms with Crippen molar-refractivity contribution in [1.82, 2.24) is 4.90 Å². The molecule has 1 aromatic carbocycles. The summed E-state index contributed by atoms with van der Waals surface area (Å²) in [5.41, 5.74) is 2.12. The fourth-order valence-electron chi connectivity index (χ4n) is 4.48. The molecule has 1 saturated heterocycles. The van der Waals surface area contributed by atoms with Crippen molar-refractivity contribution in [2.75, 3.05) is 32.6 Å². The van der Waals surface area contributed by atoms with Crippen molar-refractivity contribution in [2.45, 2.75) is 39.2 Å². The molecule has 1 N–H and O–H groups in total. The van der Waals surface area contributed by atoms with Gasteiger partial charge in [-0.2, -0.15) is 0 Å². The molecule has 0 saturated carbocycles. The number of benzene rings is 1. The number of nitrogens with zero attached hydrogens (tertiary/aromatic N) is 1. The summed E-state index contributed by atoms with van der Waals surface area (Å²) in [6.45, 7) is 6.41. The van der Waals surface area contributed by atoms with E-state index in [4.69, 9.17) is 13.9 Å². The number of ether oxygens (including phenoxy) is 2. The zero-order valence-electron chi connectivity index (χ0n) is 19.7. The fourth-order valence-corrected chi connectivity index (χ4v) is 5.51. The van der Waals surface area contributed by atoms with E-state index in [0.717, 1.165) is 54.2 Å². The first kappa shape index (κ1) is 23.4. The molecule has 7 heteroatoms. The van der Waals surface area contributed by atoms with Crippen LogP contribution < -0.4 is 14.8 Å². The normalized spacial score (nSPS) is 15.9. The van der Waals surface area contributed by atoms with Crippen LogP contribution in [-0.2, 0) is 6.42 Å². The minimum absolute atomic E-state index is 0.0639. The number of methoxy groups -OCH3 is 2. The summed E-state index contributed by atoms with van der Waals surface area (Å²) in [4.78, 5) is 16.6. The Hall–Kier alpha value is -2.77. The summed E-state index contributed by atoms with van der Waals surface area (Å²) >= 11 is 1.62. The molecule has 4 rings (SSSR count). The van der Waals surface area contributed by atoms with Crippen LogP contribution in [0.15, 0.2) is 47.1 Å². The molecule has 1 aliphatic heterocycles. The van der Waals surface area contributed by atoms with Gasteiger partial charge in [-0.05, 0) is 62.5 Å². The standard InChI is InChI=1S/C26H32N2O4S/c1-5-18-16-20(26(33-18)27-25(29)22-10-7-15-32-22)23(28-13-11-17(2)12-14-28)19-8-6-9-21(30-3)24(19)31-4/h6-10,15-17,23H,5,11-14H2,1-4H3,(H,27,29)/t23-/m0/s1. The van der Waals surface area contributed by atoms with Gasteiger partial charge in [0.25, 0.3) is 5.91 Å². The molecule has 1 aliphatic rings. The zero-order valence-corrected chi connectivity index (χ0v) is 20.5. The molecule has 0 aliphatic carbocycles. The van der Waals surface area contributed by atoms with E-state index in [9.17, 15) is 4.79 Å². The minimum Gasteiger partial charge on any atom is -0.493 e. The molecular weight excluding hydrogens is 436 g/mol. The molecule has 33 heavy (non-hydrogen) atoms. The lowest BCUT2D eigenvalue weighted by atomic mass is 9.92. The number of carbonyl (C=O) groups excluding carboxylic acids is 1.